The Morgan fingerprint density at radius 3 is 2.45 bits per heavy atom. The third-order valence-electron chi connectivity index (χ3n) is 3.75. The summed E-state index contributed by atoms with van der Waals surface area (Å²) in [4.78, 5) is 12.3. The molecule has 1 fully saturated rings. The van der Waals surface area contributed by atoms with Crippen LogP contribution < -0.4 is 5.32 Å². The molecular weight excluding hydrogens is 276 g/mol. The summed E-state index contributed by atoms with van der Waals surface area (Å²) in [6.45, 7) is 6.74. The number of amides is 1. The predicted molar refractivity (Wildman–Crippen MR) is 80.9 cm³/mol. The van der Waals surface area contributed by atoms with Crippen molar-refractivity contribution in [3.8, 4) is 0 Å². The van der Waals surface area contributed by atoms with Crippen LogP contribution in [0, 0.1) is 5.92 Å². The highest BCUT2D eigenvalue weighted by Crippen LogP contribution is 2.20. The van der Waals surface area contributed by atoms with Crippen LogP contribution in [0.3, 0.4) is 0 Å². The summed E-state index contributed by atoms with van der Waals surface area (Å²) < 4.78 is 24.8. The molecule has 1 N–H and O–H groups in total. The van der Waals surface area contributed by atoms with Gasteiger partial charge in [0.15, 0.2) is 0 Å². The molecule has 0 aromatic carbocycles. The van der Waals surface area contributed by atoms with Gasteiger partial charge >= 0.3 is 0 Å². The summed E-state index contributed by atoms with van der Waals surface area (Å²) in [5.74, 6) is 0.461. The molecule has 2 atom stereocenters. The van der Waals surface area contributed by atoms with E-state index in [9.17, 15) is 13.2 Å². The van der Waals surface area contributed by atoms with Crippen molar-refractivity contribution < 1.29 is 13.2 Å². The van der Waals surface area contributed by atoms with E-state index in [0.717, 1.165) is 25.7 Å². The highest BCUT2D eigenvalue weighted by Gasteiger charge is 2.34. The van der Waals surface area contributed by atoms with Gasteiger partial charge < -0.3 is 5.32 Å². The summed E-state index contributed by atoms with van der Waals surface area (Å²) in [7, 11) is -3.31. The lowest BCUT2D eigenvalue weighted by Gasteiger charge is -2.33. The van der Waals surface area contributed by atoms with Crippen molar-refractivity contribution in [2.45, 2.75) is 65.0 Å². The third-order valence-corrected chi connectivity index (χ3v) is 5.04. The zero-order valence-corrected chi connectivity index (χ0v) is 13.9. The molecule has 0 bridgehead atoms. The van der Waals surface area contributed by atoms with Gasteiger partial charge in [0.25, 0.3) is 0 Å². The van der Waals surface area contributed by atoms with Gasteiger partial charge in [0.05, 0.1) is 6.26 Å². The zero-order valence-electron chi connectivity index (χ0n) is 13.1. The van der Waals surface area contributed by atoms with E-state index >= 15 is 0 Å². The zero-order chi connectivity index (χ0) is 15.3. The minimum absolute atomic E-state index is 0.0910. The van der Waals surface area contributed by atoms with E-state index in [1.54, 1.807) is 0 Å². The maximum absolute atomic E-state index is 12.3. The van der Waals surface area contributed by atoms with Crippen LogP contribution in [0.25, 0.3) is 0 Å². The van der Waals surface area contributed by atoms with Crippen molar-refractivity contribution in [2.75, 3.05) is 12.8 Å². The van der Waals surface area contributed by atoms with E-state index < -0.39 is 16.1 Å². The minimum atomic E-state index is -3.31. The Kier molecular flexibility index (Phi) is 6.45. The topological polar surface area (TPSA) is 66.5 Å². The number of carbonyl (C=O) groups is 1. The first kappa shape index (κ1) is 17.4. The first-order chi connectivity index (χ1) is 9.21. The molecule has 20 heavy (non-hydrogen) atoms. The molecule has 0 spiro atoms. The largest absolute Gasteiger partial charge is 0.352 e. The van der Waals surface area contributed by atoms with Crippen molar-refractivity contribution in [2.24, 2.45) is 5.92 Å². The van der Waals surface area contributed by atoms with E-state index in [1.807, 2.05) is 6.92 Å². The molecule has 0 aromatic heterocycles. The van der Waals surface area contributed by atoms with Gasteiger partial charge in [-0.3, -0.25) is 4.79 Å². The second-order valence-corrected chi connectivity index (χ2v) is 8.20. The summed E-state index contributed by atoms with van der Waals surface area (Å²) >= 11 is 0. The Bertz CT molecular complexity index is 420. The van der Waals surface area contributed by atoms with Gasteiger partial charge in [-0.1, -0.05) is 20.3 Å². The van der Waals surface area contributed by atoms with Crippen LogP contribution in [-0.2, 0) is 14.8 Å². The number of hydrogen-bond donors (Lipinski definition) is 1. The summed E-state index contributed by atoms with van der Waals surface area (Å²) in [6.07, 6.45) is 5.53. The number of carbonyl (C=O) groups excluding carboxylic acids is 1. The first-order valence-electron chi connectivity index (χ1n) is 7.49. The molecule has 1 amide bonds. The Balaban J connectivity index is 2.60. The second kappa shape index (κ2) is 7.41. The molecule has 1 aliphatic rings. The van der Waals surface area contributed by atoms with Gasteiger partial charge in [0, 0.05) is 12.6 Å². The number of nitrogens with zero attached hydrogens (tertiary/aromatic N) is 1. The number of sulfonamides is 1. The fourth-order valence-corrected chi connectivity index (χ4v) is 3.68. The molecule has 0 radical (unpaired) electrons. The van der Waals surface area contributed by atoms with Crippen molar-refractivity contribution in [1.29, 1.82) is 0 Å². The molecule has 1 heterocycles. The van der Waals surface area contributed by atoms with Gasteiger partial charge in [-0.25, -0.2) is 8.42 Å². The summed E-state index contributed by atoms with van der Waals surface area (Å²) in [5, 5.41) is 2.96. The van der Waals surface area contributed by atoms with E-state index in [0.29, 0.717) is 18.9 Å². The van der Waals surface area contributed by atoms with Crippen LogP contribution in [0.4, 0.5) is 0 Å². The SMILES string of the molecule is CC(C)CCC(C)NC(=O)C1CCCCN1S(C)(=O)=O. The summed E-state index contributed by atoms with van der Waals surface area (Å²) in [5.41, 5.74) is 0. The molecule has 1 aliphatic heterocycles. The maximum Gasteiger partial charge on any atom is 0.238 e. The molecule has 0 saturated carbocycles. The van der Waals surface area contributed by atoms with Crippen molar-refractivity contribution >= 4 is 15.9 Å². The minimum Gasteiger partial charge on any atom is -0.352 e. The number of piperidine rings is 1. The van der Waals surface area contributed by atoms with E-state index in [4.69, 9.17) is 0 Å². The van der Waals surface area contributed by atoms with Gasteiger partial charge in [0.1, 0.15) is 6.04 Å². The summed E-state index contributed by atoms with van der Waals surface area (Å²) in [6, 6.07) is -0.437. The number of nitrogens with one attached hydrogen (secondary N) is 1. The van der Waals surface area contributed by atoms with Crippen LogP contribution in [-0.4, -0.2) is 43.5 Å². The van der Waals surface area contributed by atoms with Crippen LogP contribution >= 0.6 is 0 Å². The van der Waals surface area contributed by atoms with E-state index in [2.05, 4.69) is 19.2 Å². The lowest BCUT2D eigenvalue weighted by atomic mass is 10.0. The van der Waals surface area contributed by atoms with Gasteiger partial charge in [0.2, 0.25) is 15.9 Å². The molecule has 1 rings (SSSR count). The van der Waals surface area contributed by atoms with Gasteiger partial charge in [-0.2, -0.15) is 4.31 Å². The highest BCUT2D eigenvalue weighted by molar-refractivity contribution is 7.88. The average Bonchev–Trinajstić information content (AvgIpc) is 2.35. The average molecular weight is 304 g/mol. The Labute approximate surface area is 123 Å². The molecule has 2 unspecified atom stereocenters. The predicted octanol–water partition coefficient (Wildman–Crippen LogP) is 1.74. The monoisotopic (exact) mass is 304 g/mol. The lowest BCUT2D eigenvalue weighted by Crippen LogP contribution is -2.53. The molecule has 118 valence electrons. The van der Waals surface area contributed by atoms with Crippen LogP contribution in [0.1, 0.15) is 52.9 Å². The molecule has 6 heteroatoms. The van der Waals surface area contributed by atoms with Crippen molar-refractivity contribution in [3.05, 3.63) is 0 Å². The van der Waals surface area contributed by atoms with Crippen LogP contribution in [0.15, 0.2) is 0 Å². The normalized spacial score (nSPS) is 22.8. The Morgan fingerprint density at radius 1 is 1.25 bits per heavy atom. The molecule has 1 saturated heterocycles. The number of hydrogen-bond acceptors (Lipinski definition) is 3. The molecule has 0 aliphatic carbocycles. The van der Waals surface area contributed by atoms with E-state index in [-0.39, 0.29) is 11.9 Å². The lowest BCUT2D eigenvalue weighted by molar-refractivity contribution is -0.126. The van der Waals surface area contributed by atoms with Crippen LogP contribution in [0.2, 0.25) is 0 Å². The third kappa shape index (κ3) is 5.40. The molecular formula is C14H28N2O3S. The van der Waals surface area contributed by atoms with Gasteiger partial charge in [-0.05, 0) is 38.5 Å². The molecule has 0 aromatic rings. The molecule has 5 nitrogen and oxygen atoms in total. The van der Waals surface area contributed by atoms with Crippen LogP contribution in [0.5, 0.6) is 0 Å². The Morgan fingerprint density at radius 2 is 1.90 bits per heavy atom. The van der Waals surface area contributed by atoms with Gasteiger partial charge in [-0.15, -0.1) is 0 Å². The maximum atomic E-state index is 12.3. The smallest absolute Gasteiger partial charge is 0.238 e. The van der Waals surface area contributed by atoms with Crippen molar-refractivity contribution in [3.63, 3.8) is 0 Å². The fraction of sp³-hybridized carbons (Fsp3) is 0.929. The van der Waals surface area contributed by atoms with E-state index in [1.165, 1.54) is 10.6 Å². The van der Waals surface area contributed by atoms with Crippen molar-refractivity contribution in [1.82, 2.24) is 9.62 Å². The first-order valence-corrected chi connectivity index (χ1v) is 9.34. The second-order valence-electron chi connectivity index (χ2n) is 6.27. The highest BCUT2D eigenvalue weighted by atomic mass is 32.2. The number of rotatable bonds is 6. The fourth-order valence-electron chi connectivity index (χ4n) is 2.56. The Hall–Kier alpha value is -0.620. The quantitative estimate of drug-likeness (QED) is 0.813. The standard InChI is InChI=1S/C14H28N2O3S/c1-11(2)8-9-12(3)15-14(17)13-7-5-6-10-16(13)20(4,18)19/h11-13H,5-10H2,1-4H3,(H,15,17).